The van der Waals surface area contributed by atoms with Crippen molar-refractivity contribution < 1.29 is 4.42 Å². The molecule has 0 bridgehead atoms. The monoisotopic (exact) mass is 284 g/mol. The molecule has 112 valence electrons. The summed E-state index contributed by atoms with van der Waals surface area (Å²) in [6, 6.07) is 15.3. The average Bonchev–Trinajstić information content (AvgIpc) is 3.08. The Balaban J connectivity index is 1.72. The fourth-order valence-corrected chi connectivity index (χ4v) is 3.10. The molecule has 1 fully saturated rings. The summed E-state index contributed by atoms with van der Waals surface area (Å²) >= 11 is 0. The molecule has 1 aromatic carbocycles. The van der Waals surface area contributed by atoms with Gasteiger partial charge in [-0.25, -0.2) is 0 Å². The van der Waals surface area contributed by atoms with E-state index in [2.05, 4.69) is 53.5 Å². The highest BCUT2D eigenvalue weighted by molar-refractivity contribution is 5.26. The molecular weight excluding hydrogens is 260 g/mol. The van der Waals surface area contributed by atoms with Crippen molar-refractivity contribution in [3.63, 3.8) is 0 Å². The van der Waals surface area contributed by atoms with Crippen molar-refractivity contribution in [2.24, 2.45) is 0 Å². The van der Waals surface area contributed by atoms with Crippen LogP contribution in [-0.4, -0.2) is 30.6 Å². The van der Waals surface area contributed by atoms with Crippen LogP contribution in [0.15, 0.2) is 53.1 Å². The third-order valence-electron chi connectivity index (χ3n) is 4.40. The summed E-state index contributed by atoms with van der Waals surface area (Å²) < 4.78 is 5.66. The Bertz CT molecular complexity index is 515. The summed E-state index contributed by atoms with van der Waals surface area (Å²) in [4.78, 5) is 2.52. The van der Waals surface area contributed by atoms with Crippen molar-refractivity contribution >= 4 is 0 Å². The lowest BCUT2D eigenvalue weighted by atomic mass is 9.99. The van der Waals surface area contributed by atoms with Gasteiger partial charge in [0.15, 0.2) is 0 Å². The Hall–Kier alpha value is -1.58. The first-order valence-electron chi connectivity index (χ1n) is 7.93. The van der Waals surface area contributed by atoms with Crippen molar-refractivity contribution in [1.82, 2.24) is 10.2 Å². The number of nitrogens with zero attached hydrogens (tertiary/aromatic N) is 1. The van der Waals surface area contributed by atoms with Crippen LogP contribution in [0.5, 0.6) is 0 Å². The van der Waals surface area contributed by atoms with Crippen molar-refractivity contribution in [3.05, 3.63) is 60.1 Å². The van der Waals surface area contributed by atoms with E-state index in [1.807, 2.05) is 6.07 Å². The fourth-order valence-electron chi connectivity index (χ4n) is 3.10. The molecule has 0 spiro atoms. The Morgan fingerprint density at radius 1 is 1.14 bits per heavy atom. The molecule has 1 aliphatic rings. The molecule has 1 aliphatic heterocycles. The van der Waals surface area contributed by atoms with Crippen LogP contribution in [-0.2, 0) is 0 Å². The van der Waals surface area contributed by atoms with Gasteiger partial charge in [0.05, 0.1) is 12.3 Å². The Morgan fingerprint density at radius 2 is 1.90 bits per heavy atom. The summed E-state index contributed by atoms with van der Waals surface area (Å²) in [5, 5.41) is 3.80. The van der Waals surface area contributed by atoms with Crippen molar-refractivity contribution in [2.75, 3.05) is 19.6 Å². The molecule has 0 radical (unpaired) electrons. The molecule has 2 aromatic rings. The highest BCUT2D eigenvalue weighted by Gasteiger charge is 2.24. The largest absolute Gasteiger partial charge is 0.467 e. The maximum atomic E-state index is 5.66. The maximum absolute atomic E-state index is 5.66. The zero-order chi connectivity index (χ0) is 14.5. The van der Waals surface area contributed by atoms with Crippen LogP contribution in [0.25, 0.3) is 0 Å². The number of benzene rings is 1. The minimum absolute atomic E-state index is 0.152. The lowest BCUT2D eigenvalue weighted by molar-refractivity contribution is 0.199. The highest BCUT2D eigenvalue weighted by Crippen LogP contribution is 2.24. The zero-order valence-electron chi connectivity index (χ0n) is 12.7. The van der Waals surface area contributed by atoms with Gasteiger partial charge in [0, 0.05) is 6.04 Å². The van der Waals surface area contributed by atoms with Crippen LogP contribution in [0.3, 0.4) is 0 Å². The first kappa shape index (κ1) is 14.4. The van der Waals surface area contributed by atoms with Gasteiger partial charge in [-0.2, -0.15) is 0 Å². The van der Waals surface area contributed by atoms with Gasteiger partial charge >= 0.3 is 0 Å². The summed E-state index contributed by atoms with van der Waals surface area (Å²) in [6.45, 7) is 5.78. The minimum atomic E-state index is 0.152. The van der Waals surface area contributed by atoms with Crippen LogP contribution in [0.2, 0.25) is 0 Å². The van der Waals surface area contributed by atoms with E-state index in [0.717, 1.165) is 12.3 Å². The highest BCUT2D eigenvalue weighted by atomic mass is 16.3. The molecule has 1 atom stereocenters. The lowest BCUT2D eigenvalue weighted by Gasteiger charge is -2.33. The third-order valence-corrected chi connectivity index (χ3v) is 4.40. The topological polar surface area (TPSA) is 28.4 Å². The van der Waals surface area contributed by atoms with E-state index in [9.17, 15) is 0 Å². The van der Waals surface area contributed by atoms with Crippen molar-refractivity contribution in [2.45, 2.75) is 31.8 Å². The first-order valence-corrected chi connectivity index (χ1v) is 7.93. The number of hydrogen-bond acceptors (Lipinski definition) is 3. The van der Waals surface area contributed by atoms with E-state index in [4.69, 9.17) is 4.42 Å². The van der Waals surface area contributed by atoms with Gasteiger partial charge in [0.1, 0.15) is 5.76 Å². The van der Waals surface area contributed by atoms with Crippen LogP contribution in [0.1, 0.15) is 37.1 Å². The second kappa shape index (κ2) is 6.92. The number of furan rings is 1. The molecule has 21 heavy (non-hydrogen) atoms. The lowest BCUT2D eigenvalue weighted by Crippen LogP contribution is -2.43. The molecule has 1 aromatic heterocycles. The normalized spacial score (nSPS) is 18.7. The summed E-state index contributed by atoms with van der Waals surface area (Å²) in [5.74, 6) is 0.999. The van der Waals surface area contributed by atoms with E-state index in [1.165, 1.54) is 31.5 Å². The SMILES string of the molecule is CCN1CCC(NC(c2ccccc2)c2ccco2)CC1. The zero-order valence-corrected chi connectivity index (χ0v) is 12.7. The van der Waals surface area contributed by atoms with Gasteiger partial charge in [-0.3, -0.25) is 0 Å². The number of piperidine rings is 1. The van der Waals surface area contributed by atoms with Gasteiger partial charge in [-0.1, -0.05) is 37.3 Å². The smallest absolute Gasteiger partial charge is 0.125 e. The van der Waals surface area contributed by atoms with Crippen LogP contribution >= 0.6 is 0 Å². The summed E-state index contributed by atoms with van der Waals surface area (Å²) in [6.07, 6.45) is 4.17. The second-order valence-electron chi connectivity index (χ2n) is 5.73. The molecule has 3 heteroatoms. The van der Waals surface area contributed by atoms with Gasteiger partial charge in [0.2, 0.25) is 0 Å². The van der Waals surface area contributed by atoms with Gasteiger partial charge < -0.3 is 14.6 Å². The van der Waals surface area contributed by atoms with E-state index in [1.54, 1.807) is 6.26 Å². The Morgan fingerprint density at radius 3 is 2.52 bits per heavy atom. The van der Waals surface area contributed by atoms with Gasteiger partial charge in [0.25, 0.3) is 0 Å². The Kier molecular flexibility index (Phi) is 4.73. The van der Waals surface area contributed by atoms with Crippen molar-refractivity contribution in [1.29, 1.82) is 0 Å². The average molecular weight is 284 g/mol. The van der Waals surface area contributed by atoms with E-state index in [-0.39, 0.29) is 6.04 Å². The molecule has 1 saturated heterocycles. The summed E-state index contributed by atoms with van der Waals surface area (Å²) in [7, 11) is 0. The Labute approximate surface area is 127 Å². The minimum Gasteiger partial charge on any atom is -0.467 e. The second-order valence-corrected chi connectivity index (χ2v) is 5.73. The molecule has 0 saturated carbocycles. The van der Waals surface area contributed by atoms with E-state index < -0.39 is 0 Å². The number of nitrogens with one attached hydrogen (secondary N) is 1. The molecule has 0 aliphatic carbocycles. The number of likely N-dealkylation sites (tertiary alicyclic amines) is 1. The van der Waals surface area contributed by atoms with Gasteiger partial charge in [-0.15, -0.1) is 0 Å². The molecule has 2 heterocycles. The third kappa shape index (κ3) is 3.55. The molecule has 3 nitrogen and oxygen atoms in total. The number of hydrogen-bond donors (Lipinski definition) is 1. The van der Waals surface area contributed by atoms with Crippen molar-refractivity contribution in [3.8, 4) is 0 Å². The van der Waals surface area contributed by atoms with E-state index in [0.29, 0.717) is 6.04 Å². The molecule has 3 rings (SSSR count). The molecule has 0 amide bonds. The number of rotatable bonds is 5. The van der Waals surface area contributed by atoms with E-state index >= 15 is 0 Å². The fraction of sp³-hybridized carbons (Fsp3) is 0.444. The molecule has 1 N–H and O–H groups in total. The predicted octanol–water partition coefficient (Wildman–Crippen LogP) is 3.44. The predicted molar refractivity (Wildman–Crippen MR) is 85.3 cm³/mol. The van der Waals surface area contributed by atoms with Crippen LogP contribution in [0.4, 0.5) is 0 Å². The standard InChI is InChI=1S/C18H24N2O/c1-2-20-12-10-16(11-13-20)19-18(17-9-6-14-21-17)15-7-4-3-5-8-15/h3-9,14,16,18-19H,2,10-13H2,1H3. The van der Waals surface area contributed by atoms with Gasteiger partial charge in [-0.05, 0) is 50.2 Å². The van der Waals surface area contributed by atoms with Crippen LogP contribution < -0.4 is 5.32 Å². The molecular formula is C18H24N2O. The van der Waals surface area contributed by atoms with Crippen LogP contribution in [0, 0.1) is 0 Å². The maximum Gasteiger partial charge on any atom is 0.125 e. The summed E-state index contributed by atoms with van der Waals surface area (Å²) in [5.41, 5.74) is 1.27. The quantitative estimate of drug-likeness (QED) is 0.911. The first-order chi connectivity index (χ1) is 10.4. The molecule has 1 unspecified atom stereocenters.